The fraction of sp³-hybridized carbons (Fsp3) is 0. The Hall–Kier alpha value is -7.63. The average molecular weight is 718 g/mol. The molecule has 0 amide bonds. The Labute approximate surface area is 322 Å². The molecule has 0 radical (unpaired) electrons. The van der Waals surface area contributed by atoms with Crippen LogP contribution in [0.5, 0.6) is 0 Å². The van der Waals surface area contributed by atoms with Crippen molar-refractivity contribution in [3.63, 3.8) is 0 Å². The Kier molecular flexibility index (Phi) is 7.42. The van der Waals surface area contributed by atoms with Crippen LogP contribution in [-0.2, 0) is 0 Å². The number of hydrogen-bond acceptors (Lipinski definition) is 5. The summed E-state index contributed by atoms with van der Waals surface area (Å²) in [7, 11) is 0. The summed E-state index contributed by atoms with van der Waals surface area (Å²) >= 11 is 0. The highest BCUT2D eigenvalue weighted by Crippen LogP contribution is 2.43. The maximum Gasteiger partial charge on any atom is 0.164 e. The van der Waals surface area contributed by atoms with E-state index in [0.717, 1.165) is 93.9 Å². The fourth-order valence-electron chi connectivity index (χ4n) is 7.84. The lowest BCUT2D eigenvalue weighted by Crippen LogP contribution is -2.00. The first-order valence-corrected chi connectivity index (χ1v) is 18.7. The summed E-state index contributed by atoms with van der Waals surface area (Å²) in [6, 6.07) is 64.5. The smallest absolute Gasteiger partial charge is 0.164 e. The van der Waals surface area contributed by atoms with Gasteiger partial charge in [0.05, 0.1) is 0 Å². The predicted octanol–water partition coefficient (Wildman–Crippen LogP) is 13.7. The molecule has 0 saturated heterocycles. The van der Waals surface area contributed by atoms with Crippen molar-refractivity contribution in [3.8, 4) is 67.5 Å². The SMILES string of the molecule is c1ccc(-c2ccc(-c3nc(-c4ccccc4)nc(-c4cccc5oc6cc(-c7cc(-c8ccccc8)cc8oc9ccccc9c78)ccc6c45)n3)cc2)cc1. The summed E-state index contributed by atoms with van der Waals surface area (Å²) < 4.78 is 13.1. The molecule has 0 aliphatic heterocycles. The molecule has 0 saturated carbocycles. The molecule has 0 aliphatic carbocycles. The van der Waals surface area contributed by atoms with E-state index in [1.165, 1.54) is 0 Å². The minimum atomic E-state index is 0.584. The zero-order valence-corrected chi connectivity index (χ0v) is 30.1. The second kappa shape index (κ2) is 13.0. The molecule has 0 fully saturated rings. The van der Waals surface area contributed by atoms with Crippen LogP contribution in [-0.4, -0.2) is 15.0 Å². The van der Waals surface area contributed by atoms with Crippen molar-refractivity contribution in [3.05, 3.63) is 188 Å². The molecule has 5 heteroatoms. The molecule has 0 unspecified atom stereocenters. The first-order valence-electron chi connectivity index (χ1n) is 18.7. The van der Waals surface area contributed by atoms with Crippen molar-refractivity contribution in [1.82, 2.24) is 15.0 Å². The van der Waals surface area contributed by atoms with Gasteiger partial charge in [-0.15, -0.1) is 0 Å². The second-order valence-electron chi connectivity index (χ2n) is 14.0. The van der Waals surface area contributed by atoms with E-state index in [2.05, 4.69) is 121 Å². The van der Waals surface area contributed by atoms with Crippen molar-refractivity contribution in [2.75, 3.05) is 0 Å². The number of furan rings is 2. The number of para-hydroxylation sites is 1. The zero-order chi connectivity index (χ0) is 37.0. The molecular formula is C51H31N3O2. The van der Waals surface area contributed by atoms with E-state index >= 15 is 0 Å². The van der Waals surface area contributed by atoms with Gasteiger partial charge in [0.1, 0.15) is 22.3 Å². The number of rotatable bonds is 6. The van der Waals surface area contributed by atoms with Crippen LogP contribution in [0.1, 0.15) is 0 Å². The van der Waals surface area contributed by atoms with Crippen molar-refractivity contribution in [1.29, 1.82) is 0 Å². The van der Waals surface area contributed by atoms with Gasteiger partial charge in [0.2, 0.25) is 0 Å². The Morgan fingerprint density at radius 2 is 0.750 bits per heavy atom. The van der Waals surface area contributed by atoms with Crippen LogP contribution < -0.4 is 0 Å². The summed E-state index contributed by atoms with van der Waals surface area (Å²) in [6.45, 7) is 0. The van der Waals surface area contributed by atoms with Gasteiger partial charge in [-0.05, 0) is 69.8 Å². The maximum atomic E-state index is 6.66. The van der Waals surface area contributed by atoms with Crippen LogP contribution in [0.2, 0.25) is 0 Å². The van der Waals surface area contributed by atoms with E-state index in [-0.39, 0.29) is 0 Å². The van der Waals surface area contributed by atoms with E-state index in [9.17, 15) is 0 Å². The highest BCUT2D eigenvalue weighted by molar-refractivity contribution is 6.16. The number of aromatic nitrogens is 3. The van der Waals surface area contributed by atoms with Gasteiger partial charge in [-0.25, -0.2) is 15.0 Å². The lowest BCUT2D eigenvalue weighted by atomic mass is 9.94. The van der Waals surface area contributed by atoms with Gasteiger partial charge in [0, 0.05) is 38.2 Å². The highest BCUT2D eigenvalue weighted by atomic mass is 16.3. The number of hydrogen-bond donors (Lipinski definition) is 0. The summed E-state index contributed by atoms with van der Waals surface area (Å²) in [5.74, 6) is 1.80. The van der Waals surface area contributed by atoms with E-state index in [1.54, 1.807) is 0 Å². The minimum Gasteiger partial charge on any atom is -0.456 e. The van der Waals surface area contributed by atoms with Crippen LogP contribution in [0.3, 0.4) is 0 Å². The van der Waals surface area contributed by atoms with E-state index in [0.29, 0.717) is 17.5 Å². The van der Waals surface area contributed by atoms with Crippen LogP contribution in [0.4, 0.5) is 0 Å². The normalized spacial score (nSPS) is 11.6. The summed E-state index contributed by atoms with van der Waals surface area (Å²) in [4.78, 5) is 15.2. The highest BCUT2D eigenvalue weighted by Gasteiger charge is 2.20. The van der Waals surface area contributed by atoms with Gasteiger partial charge in [-0.1, -0.05) is 152 Å². The van der Waals surface area contributed by atoms with Crippen molar-refractivity contribution in [2.24, 2.45) is 0 Å². The predicted molar refractivity (Wildman–Crippen MR) is 227 cm³/mol. The molecular weight excluding hydrogens is 687 g/mol. The van der Waals surface area contributed by atoms with E-state index < -0.39 is 0 Å². The Bertz CT molecular complexity index is 3220. The fourth-order valence-corrected chi connectivity index (χ4v) is 7.84. The number of nitrogens with zero attached hydrogens (tertiary/aromatic N) is 3. The number of benzene rings is 8. The van der Waals surface area contributed by atoms with Gasteiger partial charge in [0.15, 0.2) is 17.5 Å². The molecule has 5 nitrogen and oxygen atoms in total. The molecule has 0 aliphatic rings. The first-order chi connectivity index (χ1) is 27.7. The maximum absolute atomic E-state index is 6.66. The Morgan fingerprint density at radius 3 is 1.48 bits per heavy atom. The summed E-state index contributed by atoms with van der Waals surface area (Å²) in [5.41, 5.74) is 12.6. The Balaban J connectivity index is 1.08. The van der Waals surface area contributed by atoms with Crippen LogP contribution in [0.15, 0.2) is 197 Å². The third-order valence-electron chi connectivity index (χ3n) is 10.6. The molecule has 0 atom stereocenters. The molecule has 3 heterocycles. The van der Waals surface area contributed by atoms with Crippen molar-refractivity contribution in [2.45, 2.75) is 0 Å². The van der Waals surface area contributed by atoms with E-state index in [4.69, 9.17) is 23.8 Å². The molecule has 262 valence electrons. The molecule has 11 aromatic rings. The molecule has 0 N–H and O–H groups in total. The van der Waals surface area contributed by atoms with Gasteiger partial charge in [-0.2, -0.15) is 0 Å². The van der Waals surface area contributed by atoms with Crippen molar-refractivity contribution >= 4 is 43.9 Å². The lowest BCUT2D eigenvalue weighted by molar-refractivity contribution is 0.668. The monoisotopic (exact) mass is 717 g/mol. The summed E-state index contributed by atoms with van der Waals surface area (Å²) in [5, 5.41) is 4.11. The van der Waals surface area contributed by atoms with E-state index in [1.807, 2.05) is 66.7 Å². The topological polar surface area (TPSA) is 65.0 Å². The number of fused-ring (bicyclic) bond motifs is 6. The van der Waals surface area contributed by atoms with Crippen LogP contribution in [0, 0.1) is 0 Å². The molecule has 0 bridgehead atoms. The first kappa shape index (κ1) is 31.9. The third kappa shape index (κ3) is 5.45. The quantitative estimate of drug-likeness (QED) is 0.171. The molecule has 11 rings (SSSR count). The van der Waals surface area contributed by atoms with Gasteiger partial charge in [0.25, 0.3) is 0 Å². The molecule has 3 aromatic heterocycles. The lowest BCUT2D eigenvalue weighted by Gasteiger charge is -2.10. The Morgan fingerprint density at radius 1 is 0.268 bits per heavy atom. The zero-order valence-electron chi connectivity index (χ0n) is 30.1. The van der Waals surface area contributed by atoms with Crippen molar-refractivity contribution < 1.29 is 8.83 Å². The summed E-state index contributed by atoms with van der Waals surface area (Å²) in [6.07, 6.45) is 0. The van der Waals surface area contributed by atoms with Crippen LogP contribution in [0.25, 0.3) is 111 Å². The minimum absolute atomic E-state index is 0.584. The standard InChI is InChI=1S/C51H31N3O2/c1-4-13-32(14-5-1)34-23-25-36(26-24-34)50-52-49(35-17-8-3-9-18-35)53-51(54-50)41-20-12-22-44-47(41)40-28-27-37(30-45(40)56-44)42-29-38(33-15-6-2-7-16-33)31-46-48(42)39-19-10-11-21-43(39)55-46/h1-31H. The van der Waals surface area contributed by atoms with Gasteiger partial charge < -0.3 is 8.83 Å². The molecule has 0 spiro atoms. The second-order valence-corrected chi connectivity index (χ2v) is 14.0. The molecule has 56 heavy (non-hydrogen) atoms. The van der Waals surface area contributed by atoms with Crippen LogP contribution >= 0.6 is 0 Å². The third-order valence-corrected chi connectivity index (χ3v) is 10.6. The largest absolute Gasteiger partial charge is 0.456 e. The molecule has 8 aromatic carbocycles. The average Bonchev–Trinajstić information content (AvgIpc) is 3.85. The van der Waals surface area contributed by atoms with Gasteiger partial charge >= 0.3 is 0 Å². The van der Waals surface area contributed by atoms with Gasteiger partial charge in [-0.3, -0.25) is 0 Å².